The lowest BCUT2D eigenvalue weighted by atomic mass is 10.1. The lowest BCUT2D eigenvalue weighted by Gasteiger charge is -2.22. The zero-order valence-electron chi connectivity index (χ0n) is 14.7. The number of nitrogens with zero attached hydrogens (tertiary/aromatic N) is 1. The van der Waals surface area contributed by atoms with Crippen LogP contribution in [0.1, 0.15) is 32.6 Å². The molecule has 0 saturated carbocycles. The molecule has 1 aliphatic heterocycles. The highest BCUT2D eigenvalue weighted by atomic mass is 32.2. The second-order valence-corrected chi connectivity index (χ2v) is 8.27. The minimum atomic E-state index is -3.60. The summed E-state index contributed by atoms with van der Waals surface area (Å²) < 4.78 is 38.2. The van der Waals surface area contributed by atoms with Gasteiger partial charge >= 0.3 is 0 Å². The number of allylic oxidation sites excluding steroid dienone is 2. The lowest BCUT2D eigenvalue weighted by Crippen LogP contribution is -2.31. The maximum absolute atomic E-state index is 12.9. The van der Waals surface area contributed by atoms with Gasteiger partial charge in [0.05, 0.1) is 13.7 Å². The molecule has 24 heavy (non-hydrogen) atoms. The van der Waals surface area contributed by atoms with Crippen molar-refractivity contribution in [1.82, 2.24) is 4.31 Å². The fourth-order valence-electron chi connectivity index (χ4n) is 2.71. The number of hydrogen-bond donors (Lipinski definition) is 0. The van der Waals surface area contributed by atoms with Gasteiger partial charge in [-0.1, -0.05) is 19.1 Å². The highest BCUT2D eigenvalue weighted by Gasteiger charge is 2.26. The summed E-state index contributed by atoms with van der Waals surface area (Å²) in [5.41, 5.74) is 0. The van der Waals surface area contributed by atoms with Crippen LogP contribution in [-0.2, 0) is 10.0 Å². The van der Waals surface area contributed by atoms with Crippen LogP contribution in [0, 0.1) is 5.92 Å². The van der Waals surface area contributed by atoms with Crippen LogP contribution in [0.4, 0.5) is 0 Å². The predicted octanol–water partition coefficient (Wildman–Crippen LogP) is 3.46. The zero-order valence-corrected chi connectivity index (χ0v) is 15.5. The first-order valence-corrected chi connectivity index (χ1v) is 9.81. The number of fused-ring (bicyclic) bond motifs is 1. The minimum Gasteiger partial charge on any atom is -0.497 e. The van der Waals surface area contributed by atoms with Gasteiger partial charge in [-0.3, -0.25) is 0 Å². The van der Waals surface area contributed by atoms with Gasteiger partial charge in [0.2, 0.25) is 10.0 Å². The summed E-state index contributed by atoms with van der Waals surface area (Å²) in [5.74, 6) is 1.21. The van der Waals surface area contributed by atoms with E-state index in [0.717, 1.165) is 25.7 Å². The first-order valence-electron chi connectivity index (χ1n) is 8.37. The third-order valence-corrected chi connectivity index (χ3v) is 6.00. The van der Waals surface area contributed by atoms with Crippen molar-refractivity contribution in [2.45, 2.75) is 37.5 Å². The summed E-state index contributed by atoms with van der Waals surface area (Å²) in [5, 5.41) is 0. The Balaban J connectivity index is 2.37. The molecule has 134 valence electrons. The average molecular weight is 353 g/mol. The molecule has 0 saturated heterocycles. The first kappa shape index (κ1) is 18.8. The van der Waals surface area contributed by atoms with E-state index in [1.165, 1.54) is 4.31 Å². The van der Waals surface area contributed by atoms with Crippen LogP contribution in [0.15, 0.2) is 35.2 Å². The summed E-state index contributed by atoms with van der Waals surface area (Å²) in [4.78, 5) is 0.200. The second-order valence-electron chi connectivity index (χ2n) is 6.25. The normalized spacial score (nSPS) is 24.2. The van der Waals surface area contributed by atoms with Crippen LogP contribution in [0.2, 0.25) is 0 Å². The van der Waals surface area contributed by atoms with E-state index in [1.807, 2.05) is 0 Å². The Bertz CT molecular complexity index is 670. The Morgan fingerprint density at radius 3 is 2.79 bits per heavy atom. The smallest absolute Gasteiger partial charge is 0.246 e. The van der Waals surface area contributed by atoms with Crippen LogP contribution < -0.4 is 9.47 Å². The van der Waals surface area contributed by atoms with Gasteiger partial charge in [-0.2, -0.15) is 0 Å². The van der Waals surface area contributed by atoms with E-state index in [2.05, 4.69) is 19.1 Å². The van der Waals surface area contributed by atoms with Gasteiger partial charge in [0.15, 0.2) is 0 Å². The Labute approximate surface area is 145 Å². The average Bonchev–Trinajstić information content (AvgIpc) is 2.56. The van der Waals surface area contributed by atoms with E-state index in [0.29, 0.717) is 24.7 Å². The molecule has 2 rings (SSSR count). The molecule has 1 aromatic carbocycles. The van der Waals surface area contributed by atoms with Crippen LogP contribution in [0.25, 0.3) is 0 Å². The molecule has 5 nitrogen and oxygen atoms in total. The van der Waals surface area contributed by atoms with Crippen molar-refractivity contribution in [2.24, 2.45) is 5.92 Å². The zero-order chi connectivity index (χ0) is 17.6. The minimum absolute atomic E-state index is 0.200. The number of hydrogen-bond acceptors (Lipinski definition) is 4. The van der Waals surface area contributed by atoms with Crippen molar-refractivity contribution in [1.29, 1.82) is 0 Å². The number of sulfonamides is 1. The summed E-state index contributed by atoms with van der Waals surface area (Å²) in [6.07, 6.45) is 8.13. The van der Waals surface area contributed by atoms with Gasteiger partial charge in [0.25, 0.3) is 0 Å². The van der Waals surface area contributed by atoms with Crippen LogP contribution in [0.3, 0.4) is 0 Å². The molecule has 0 aliphatic carbocycles. The Morgan fingerprint density at radius 1 is 1.25 bits per heavy atom. The van der Waals surface area contributed by atoms with Gasteiger partial charge in [-0.05, 0) is 43.7 Å². The molecule has 0 aromatic heterocycles. The number of methoxy groups -OCH3 is 1. The van der Waals surface area contributed by atoms with Crippen molar-refractivity contribution in [3.05, 3.63) is 30.4 Å². The number of ether oxygens (including phenoxy) is 2. The van der Waals surface area contributed by atoms with E-state index in [4.69, 9.17) is 9.47 Å². The molecule has 1 heterocycles. The van der Waals surface area contributed by atoms with E-state index < -0.39 is 10.0 Å². The van der Waals surface area contributed by atoms with Crippen molar-refractivity contribution in [2.75, 3.05) is 27.3 Å². The van der Waals surface area contributed by atoms with E-state index >= 15 is 0 Å². The van der Waals surface area contributed by atoms with E-state index in [-0.39, 0.29) is 10.8 Å². The molecular formula is C18H27NO4S. The molecule has 1 aliphatic rings. The number of rotatable bonds is 1. The summed E-state index contributed by atoms with van der Waals surface area (Å²) >= 11 is 0. The van der Waals surface area contributed by atoms with Crippen molar-refractivity contribution in [3.8, 4) is 11.5 Å². The monoisotopic (exact) mass is 353 g/mol. The van der Waals surface area contributed by atoms with Crippen molar-refractivity contribution >= 4 is 10.0 Å². The molecule has 1 aromatic rings. The largest absolute Gasteiger partial charge is 0.497 e. The molecule has 0 bridgehead atoms. The predicted molar refractivity (Wildman–Crippen MR) is 95.1 cm³/mol. The highest BCUT2D eigenvalue weighted by Crippen LogP contribution is 2.31. The fourth-order valence-corrected chi connectivity index (χ4v) is 4.11. The van der Waals surface area contributed by atoms with E-state index in [1.54, 1.807) is 32.4 Å². The van der Waals surface area contributed by atoms with Crippen molar-refractivity contribution in [3.63, 3.8) is 0 Å². The molecular weight excluding hydrogens is 326 g/mol. The quantitative estimate of drug-likeness (QED) is 0.726. The topological polar surface area (TPSA) is 55.8 Å². The third-order valence-electron chi connectivity index (χ3n) is 4.14. The standard InChI is InChI=1S/C18H27NO4S/c1-15-9-7-5-4-6-8-12-23-17-13-16(22-3)10-11-18(17)24(20,21)19(2)14-15/h5,7,10-11,13,15H,4,6,8-9,12,14H2,1-3H3/b7-5+/t15-/m1/s1. The molecule has 0 N–H and O–H groups in total. The SMILES string of the molecule is COc1ccc2c(c1)OCCCC/C=C/C[C@@H](C)CN(C)S2(=O)=O. The highest BCUT2D eigenvalue weighted by molar-refractivity contribution is 7.89. The second kappa shape index (κ2) is 8.53. The molecule has 1 atom stereocenters. The fraction of sp³-hybridized carbons (Fsp3) is 0.556. The maximum Gasteiger partial charge on any atom is 0.246 e. The summed E-state index contributed by atoms with van der Waals surface area (Å²) in [6, 6.07) is 4.87. The Kier molecular flexibility index (Phi) is 6.69. The van der Waals surface area contributed by atoms with Gasteiger partial charge in [0, 0.05) is 19.7 Å². The van der Waals surface area contributed by atoms with Gasteiger partial charge in [-0.25, -0.2) is 12.7 Å². The first-order chi connectivity index (χ1) is 11.4. The number of benzene rings is 1. The molecule has 0 amide bonds. The molecule has 0 unspecified atom stereocenters. The van der Waals surface area contributed by atoms with E-state index in [9.17, 15) is 8.42 Å². The van der Waals surface area contributed by atoms with Gasteiger partial charge < -0.3 is 9.47 Å². The Hall–Kier alpha value is -1.53. The van der Waals surface area contributed by atoms with Gasteiger partial charge in [-0.15, -0.1) is 0 Å². The maximum atomic E-state index is 12.9. The molecule has 6 heteroatoms. The molecule has 0 spiro atoms. The summed E-state index contributed by atoms with van der Waals surface area (Å²) in [7, 11) is -0.423. The Morgan fingerprint density at radius 2 is 2.04 bits per heavy atom. The van der Waals surface area contributed by atoms with Crippen LogP contribution >= 0.6 is 0 Å². The summed E-state index contributed by atoms with van der Waals surface area (Å²) in [6.45, 7) is 3.02. The van der Waals surface area contributed by atoms with Crippen molar-refractivity contribution < 1.29 is 17.9 Å². The molecule has 0 fully saturated rings. The molecule has 0 radical (unpaired) electrons. The van der Waals surface area contributed by atoms with Crippen LogP contribution in [0.5, 0.6) is 11.5 Å². The lowest BCUT2D eigenvalue weighted by molar-refractivity contribution is 0.295. The van der Waals surface area contributed by atoms with Gasteiger partial charge in [0.1, 0.15) is 16.4 Å². The third kappa shape index (κ3) is 4.74. The van der Waals surface area contributed by atoms with Crippen LogP contribution in [-0.4, -0.2) is 40.0 Å².